The number of carbonyl (C=O) groups is 2. The highest BCUT2D eigenvalue weighted by Gasteiger charge is 2.37. The fraction of sp³-hybridized carbons (Fsp3) is 0.515. The van der Waals surface area contributed by atoms with E-state index in [2.05, 4.69) is 52.3 Å². The Morgan fingerprint density at radius 3 is 2.17 bits per heavy atom. The van der Waals surface area contributed by atoms with Crippen LogP contribution in [0.1, 0.15) is 60.5 Å². The molecule has 2 atom stereocenters. The van der Waals surface area contributed by atoms with Crippen LogP contribution in [-0.2, 0) is 34.8 Å². The lowest BCUT2D eigenvalue weighted by atomic mass is 9.99. The first kappa shape index (κ1) is 35.9. The molecule has 0 radical (unpaired) electrons. The largest absolute Gasteiger partial charge is 0.497 e. The van der Waals surface area contributed by atoms with Crippen LogP contribution in [0.5, 0.6) is 5.75 Å². The highest BCUT2D eigenvalue weighted by molar-refractivity contribution is 6.74. The third-order valence-corrected chi connectivity index (χ3v) is 11.3. The van der Waals surface area contributed by atoms with Crippen molar-refractivity contribution in [2.24, 2.45) is 0 Å². The van der Waals surface area contributed by atoms with Crippen LogP contribution < -0.4 is 4.74 Å². The van der Waals surface area contributed by atoms with Gasteiger partial charge in [-0.05, 0) is 55.8 Å². The quantitative estimate of drug-likeness (QED) is 0.101. The lowest BCUT2D eigenvalue weighted by Crippen LogP contribution is -2.41. The molecule has 0 saturated heterocycles. The highest BCUT2D eigenvalue weighted by atomic mass is 28.4. The van der Waals surface area contributed by atoms with Gasteiger partial charge >= 0.3 is 11.9 Å². The van der Waals surface area contributed by atoms with E-state index >= 15 is 0 Å². The minimum absolute atomic E-state index is 0.0221. The summed E-state index contributed by atoms with van der Waals surface area (Å²) >= 11 is 0. The molecule has 0 spiro atoms. The van der Waals surface area contributed by atoms with Crippen LogP contribution in [-0.4, -0.2) is 52.8 Å². The van der Waals surface area contributed by atoms with Gasteiger partial charge in [0.05, 0.1) is 26.4 Å². The van der Waals surface area contributed by atoms with E-state index in [0.717, 1.165) is 16.9 Å². The third-order valence-electron chi connectivity index (χ3n) is 6.78. The standard InChI is InChI=1S/C33H48O7Si/c1-24(2)13-12-14-25(3)31(38-22-28-15-17-30(36-9)18-16-28)21-32(40-27(5)35)29(23-37-26(4)34)19-20-39-41(10,11)33(6,7)8/h13,15-19,31-32H,3,20-23H2,1-2,4-11H3/b29-19+/t31-,32-/m0/s1. The van der Waals surface area contributed by atoms with Crippen molar-refractivity contribution < 1.29 is 33.0 Å². The molecule has 1 rings (SSSR count). The maximum atomic E-state index is 12.2. The van der Waals surface area contributed by atoms with Crippen LogP contribution in [0.25, 0.3) is 0 Å². The molecule has 1 aromatic rings. The number of esters is 2. The van der Waals surface area contributed by atoms with E-state index in [0.29, 0.717) is 17.8 Å². The molecular weight excluding hydrogens is 536 g/mol. The van der Waals surface area contributed by atoms with Crippen molar-refractivity contribution in [2.75, 3.05) is 20.3 Å². The molecule has 0 N–H and O–H groups in total. The Labute approximate surface area is 248 Å². The average Bonchev–Trinajstić information content (AvgIpc) is 2.86. The molecule has 0 saturated carbocycles. The number of carbonyl (C=O) groups excluding carboxylic acids is 2. The summed E-state index contributed by atoms with van der Waals surface area (Å²) in [5.74, 6) is 5.92. The van der Waals surface area contributed by atoms with Gasteiger partial charge in [-0.15, -0.1) is 0 Å². The predicted molar refractivity (Wildman–Crippen MR) is 166 cm³/mol. The van der Waals surface area contributed by atoms with E-state index in [1.807, 2.05) is 44.2 Å². The SMILES string of the molecule is C=C(C#CC=C(C)C)[C@H](C[C@H](OC(C)=O)/C(=C/CO[Si](C)(C)C(C)(C)C)COC(C)=O)OCc1ccc(OC)cc1. The zero-order chi connectivity index (χ0) is 31.2. The summed E-state index contributed by atoms with van der Waals surface area (Å²) < 4.78 is 29.0. The van der Waals surface area contributed by atoms with E-state index in [1.165, 1.54) is 13.8 Å². The van der Waals surface area contributed by atoms with Gasteiger partial charge in [0.1, 0.15) is 18.5 Å². The average molecular weight is 585 g/mol. The number of ether oxygens (including phenoxy) is 4. The van der Waals surface area contributed by atoms with Gasteiger partial charge in [-0.25, -0.2) is 0 Å². The molecule has 7 nitrogen and oxygen atoms in total. The Balaban J connectivity index is 3.36. The molecule has 0 bridgehead atoms. The molecule has 0 aromatic heterocycles. The molecule has 1 aromatic carbocycles. The van der Waals surface area contributed by atoms with Crippen LogP contribution in [0.3, 0.4) is 0 Å². The minimum atomic E-state index is -2.05. The molecule has 41 heavy (non-hydrogen) atoms. The van der Waals surface area contributed by atoms with Crippen LogP contribution in [0, 0.1) is 11.8 Å². The van der Waals surface area contributed by atoms with Crippen LogP contribution >= 0.6 is 0 Å². The molecule has 8 heteroatoms. The summed E-state index contributed by atoms with van der Waals surface area (Å²) in [6.45, 7) is 22.1. The smallest absolute Gasteiger partial charge is 0.303 e. The number of allylic oxidation sites excluding steroid dienone is 2. The summed E-state index contributed by atoms with van der Waals surface area (Å²) in [6.07, 6.45) is 2.54. The van der Waals surface area contributed by atoms with Gasteiger partial charge in [-0.3, -0.25) is 9.59 Å². The molecule has 0 aliphatic carbocycles. The highest BCUT2D eigenvalue weighted by Crippen LogP contribution is 2.36. The fourth-order valence-electron chi connectivity index (χ4n) is 3.29. The van der Waals surface area contributed by atoms with Gasteiger partial charge in [0.25, 0.3) is 0 Å². The summed E-state index contributed by atoms with van der Waals surface area (Å²) in [4.78, 5) is 23.9. The van der Waals surface area contributed by atoms with E-state index in [1.54, 1.807) is 13.2 Å². The second-order valence-corrected chi connectivity index (χ2v) is 16.4. The van der Waals surface area contributed by atoms with E-state index in [-0.39, 0.29) is 24.7 Å². The summed E-state index contributed by atoms with van der Waals surface area (Å²) in [5.41, 5.74) is 3.14. The molecule has 0 aliphatic rings. The number of hydrogen-bond donors (Lipinski definition) is 0. The number of rotatable bonds is 14. The zero-order valence-electron chi connectivity index (χ0n) is 26.5. The Kier molecular flexibility index (Phi) is 14.9. The molecular formula is C33H48O7Si. The van der Waals surface area contributed by atoms with Crippen molar-refractivity contribution in [2.45, 2.75) is 91.8 Å². The summed E-state index contributed by atoms with van der Waals surface area (Å²) in [6, 6.07) is 7.56. The Hall–Kier alpha value is -3.12. The molecule has 0 aliphatic heterocycles. The van der Waals surface area contributed by atoms with Gasteiger partial charge in [0.2, 0.25) is 0 Å². The second kappa shape index (κ2) is 17.0. The monoisotopic (exact) mass is 584 g/mol. The maximum absolute atomic E-state index is 12.2. The fourth-order valence-corrected chi connectivity index (χ4v) is 4.23. The number of benzene rings is 1. The zero-order valence-corrected chi connectivity index (χ0v) is 27.5. The van der Waals surface area contributed by atoms with Gasteiger partial charge < -0.3 is 23.4 Å². The molecule has 0 heterocycles. The Bertz CT molecular complexity index is 1140. The predicted octanol–water partition coefficient (Wildman–Crippen LogP) is 6.94. The molecule has 0 unspecified atom stereocenters. The Morgan fingerprint density at radius 2 is 1.66 bits per heavy atom. The maximum Gasteiger partial charge on any atom is 0.303 e. The molecule has 0 amide bonds. The van der Waals surface area contributed by atoms with Crippen LogP contribution in [0.15, 0.2) is 59.7 Å². The van der Waals surface area contributed by atoms with E-state index in [9.17, 15) is 9.59 Å². The number of methoxy groups -OCH3 is 1. The molecule has 226 valence electrons. The topological polar surface area (TPSA) is 80.3 Å². The lowest BCUT2D eigenvalue weighted by Gasteiger charge is -2.36. The van der Waals surface area contributed by atoms with Crippen LogP contribution in [0.2, 0.25) is 18.1 Å². The van der Waals surface area contributed by atoms with E-state index < -0.39 is 32.5 Å². The van der Waals surface area contributed by atoms with Crippen LogP contribution in [0.4, 0.5) is 0 Å². The lowest BCUT2D eigenvalue weighted by molar-refractivity contribution is -0.146. The first-order valence-electron chi connectivity index (χ1n) is 13.8. The minimum Gasteiger partial charge on any atom is -0.497 e. The van der Waals surface area contributed by atoms with Crippen molar-refractivity contribution in [3.05, 3.63) is 65.3 Å². The van der Waals surface area contributed by atoms with Crippen molar-refractivity contribution in [3.8, 4) is 17.6 Å². The van der Waals surface area contributed by atoms with Gasteiger partial charge in [0.15, 0.2) is 8.32 Å². The summed E-state index contributed by atoms with van der Waals surface area (Å²) in [5, 5.41) is 0.0221. The summed E-state index contributed by atoms with van der Waals surface area (Å²) in [7, 11) is -0.431. The second-order valence-electron chi connectivity index (χ2n) is 11.6. The number of hydrogen-bond acceptors (Lipinski definition) is 7. The van der Waals surface area contributed by atoms with Gasteiger partial charge in [-0.2, -0.15) is 0 Å². The normalized spacial score (nSPS) is 13.3. The first-order valence-corrected chi connectivity index (χ1v) is 16.7. The Morgan fingerprint density at radius 1 is 1.02 bits per heavy atom. The van der Waals surface area contributed by atoms with Crippen molar-refractivity contribution in [3.63, 3.8) is 0 Å². The van der Waals surface area contributed by atoms with Crippen molar-refractivity contribution >= 4 is 20.3 Å². The third kappa shape index (κ3) is 13.9. The van der Waals surface area contributed by atoms with Crippen molar-refractivity contribution in [1.82, 2.24) is 0 Å². The first-order chi connectivity index (χ1) is 19.1. The van der Waals surface area contributed by atoms with E-state index in [4.69, 9.17) is 23.4 Å². The van der Waals surface area contributed by atoms with Crippen molar-refractivity contribution in [1.29, 1.82) is 0 Å². The van der Waals surface area contributed by atoms with Gasteiger partial charge in [0, 0.05) is 31.4 Å². The van der Waals surface area contributed by atoms with Gasteiger partial charge in [-0.1, -0.05) is 63.0 Å². The molecule has 0 fully saturated rings.